The lowest BCUT2D eigenvalue weighted by Gasteiger charge is -2.50. The Bertz CT molecular complexity index is 682. The molecular weight excluding hydrogens is 368 g/mol. The fourth-order valence-corrected chi connectivity index (χ4v) is 3.67. The molecule has 0 aromatic carbocycles. The number of aliphatic hydroxyl groups is 4. The molecule has 0 aromatic rings. The third-order valence-electron chi connectivity index (χ3n) is 5.34. The molecule has 1 aliphatic rings. The molecule has 156 valence electrons. The lowest BCUT2D eigenvalue weighted by molar-refractivity contribution is -0.162. The molecule has 0 amide bonds. The van der Waals surface area contributed by atoms with E-state index in [0.29, 0.717) is 0 Å². The van der Waals surface area contributed by atoms with Gasteiger partial charge in [-0.2, -0.15) is 0 Å². The molecule has 1 aliphatic carbocycles. The average Bonchev–Trinajstić information content (AvgIpc) is 2.65. The van der Waals surface area contributed by atoms with Gasteiger partial charge < -0.3 is 30.3 Å². The summed E-state index contributed by atoms with van der Waals surface area (Å²) < 4.78 is 5.36. The van der Waals surface area contributed by atoms with Crippen LogP contribution in [0.4, 0.5) is 0 Å². The number of ether oxygens (including phenoxy) is 1. The van der Waals surface area contributed by atoms with Crippen molar-refractivity contribution in [2.75, 3.05) is 13.2 Å². The van der Waals surface area contributed by atoms with Crippen molar-refractivity contribution in [3.8, 4) is 0 Å². The fraction of sp³-hybridized carbons (Fsp3) is 0.500. The summed E-state index contributed by atoms with van der Waals surface area (Å²) in [7, 11) is 0. The second kappa shape index (κ2) is 9.29. The van der Waals surface area contributed by atoms with Crippen LogP contribution in [0.2, 0.25) is 0 Å². The van der Waals surface area contributed by atoms with Gasteiger partial charge in [0.15, 0.2) is 0 Å². The zero-order valence-corrected chi connectivity index (χ0v) is 15.9. The zero-order chi connectivity index (χ0) is 21.8. The molecule has 0 spiro atoms. The quantitative estimate of drug-likeness (QED) is 0.211. The number of carboxylic acids is 1. The van der Waals surface area contributed by atoms with E-state index in [9.17, 15) is 30.0 Å². The van der Waals surface area contributed by atoms with Gasteiger partial charge in [-0.25, -0.2) is 9.59 Å². The molecule has 0 radical (unpaired) electrons. The van der Waals surface area contributed by atoms with Crippen molar-refractivity contribution in [1.29, 1.82) is 0 Å². The minimum absolute atomic E-state index is 0.0580. The van der Waals surface area contributed by atoms with Crippen LogP contribution in [0.1, 0.15) is 13.3 Å². The van der Waals surface area contributed by atoms with E-state index in [1.165, 1.54) is 6.08 Å². The van der Waals surface area contributed by atoms with Crippen molar-refractivity contribution in [2.24, 2.45) is 17.3 Å². The van der Waals surface area contributed by atoms with Gasteiger partial charge in [-0.05, 0) is 17.4 Å². The molecule has 0 bridgehead atoms. The Hall–Kier alpha value is -2.26. The molecule has 8 heteroatoms. The summed E-state index contributed by atoms with van der Waals surface area (Å²) in [6.07, 6.45) is -2.45. The molecule has 1 fully saturated rings. The van der Waals surface area contributed by atoms with Crippen molar-refractivity contribution in [3.63, 3.8) is 0 Å². The van der Waals surface area contributed by atoms with Crippen LogP contribution in [0.25, 0.3) is 0 Å². The van der Waals surface area contributed by atoms with Gasteiger partial charge in [0.25, 0.3) is 0 Å². The molecule has 0 heterocycles. The van der Waals surface area contributed by atoms with Crippen LogP contribution < -0.4 is 0 Å². The summed E-state index contributed by atoms with van der Waals surface area (Å²) >= 11 is 0. The molecule has 0 saturated heterocycles. The van der Waals surface area contributed by atoms with Crippen LogP contribution >= 0.6 is 0 Å². The van der Waals surface area contributed by atoms with E-state index in [0.717, 1.165) is 0 Å². The molecular formula is C20H28O8. The van der Waals surface area contributed by atoms with E-state index >= 15 is 0 Å². The van der Waals surface area contributed by atoms with Crippen molar-refractivity contribution in [2.45, 2.75) is 31.7 Å². The molecule has 0 aliphatic heterocycles. The Morgan fingerprint density at radius 1 is 1.29 bits per heavy atom. The zero-order valence-electron chi connectivity index (χ0n) is 15.9. The number of carboxylic acid groups (broad SMARTS) is 1. The van der Waals surface area contributed by atoms with Crippen LogP contribution in [0.5, 0.6) is 0 Å². The summed E-state index contributed by atoms with van der Waals surface area (Å²) in [4.78, 5) is 23.8. The Balaban J connectivity index is 3.35. The monoisotopic (exact) mass is 396 g/mol. The van der Waals surface area contributed by atoms with Gasteiger partial charge >= 0.3 is 11.9 Å². The molecule has 8 nitrogen and oxygen atoms in total. The SMILES string of the molecule is C=C[C@]1(C)C[C@@H](OC(=O)C(=C)[C@H](O)CO)[C@H](C(=C)C(=O)O)[C@H](O)[C@@H]1C(=C)CO. The second-order valence-electron chi connectivity index (χ2n) is 7.22. The average molecular weight is 396 g/mol. The lowest BCUT2D eigenvalue weighted by Crippen LogP contribution is -2.54. The Kier molecular flexibility index (Phi) is 7.89. The molecule has 0 aromatic heterocycles. The molecule has 1 rings (SSSR count). The van der Waals surface area contributed by atoms with Crippen molar-refractivity contribution >= 4 is 11.9 Å². The number of hydrogen-bond acceptors (Lipinski definition) is 7. The number of esters is 1. The predicted octanol–water partition coefficient (Wildman–Crippen LogP) is 0.186. The predicted molar refractivity (Wildman–Crippen MR) is 101 cm³/mol. The van der Waals surface area contributed by atoms with Crippen molar-refractivity contribution in [1.82, 2.24) is 0 Å². The van der Waals surface area contributed by atoms with E-state index in [1.54, 1.807) is 6.92 Å². The highest BCUT2D eigenvalue weighted by atomic mass is 16.5. The maximum atomic E-state index is 12.3. The maximum Gasteiger partial charge on any atom is 0.336 e. The normalized spacial score (nSPS) is 30.8. The van der Waals surface area contributed by atoms with Gasteiger partial charge in [-0.3, -0.25) is 0 Å². The highest BCUT2D eigenvalue weighted by Crippen LogP contribution is 2.50. The molecule has 1 saturated carbocycles. The number of aliphatic hydroxyl groups excluding tert-OH is 4. The van der Waals surface area contributed by atoms with Gasteiger partial charge in [0.1, 0.15) is 12.2 Å². The van der Waals surface area contributed by atoms with E-state index < -0.39 is 66.3 Å². The molecule has 5 N–H and O–H groups in total. The summed E-state index contributed by atoms with van der Waals surface area (Å²) in [6, 6.07) is 0. The number of rotatable bonds is 9. The van der Waals surface area contributed by atoms with Gasteiger partial charge in [0.05, 0.1) is 30.8 Å². The second-order valence-corrected chi connectivity index (χ2v) is 7.22. The summed E-state index contributed by atoms with van der Waals surface area (Å²) in [5.41, 5.74) is -1.38. The van der Waals surface area contributed by atoms with Crippen LogP contribution in [0, 0.1) is 17.3 Å². The Morgan fingerprint density at radius 3 is 2.29 bits per heavy atom. The van der Waals surface area contributed by atoms with E-state index in [1.807, 2.05) is 0 Å². The minimum atomic E-state index is -1.53. The van der Waals surface area contributed by atoms with E-state index in [2.05, 4.69) is 26.3 Å². The van der Waals surface area contributed by atoms with Crippen LogP contribution in [0.3, 0.4) is 0 Å². The number of carbonyl (C=O) groups is 2. The van der Waals surface area contributed by atoms with Crippen LogP contribution in [0.15, 0.2) is 49.1 Å². The lowest BCUT2D eigenvalue weighted by atomic mass is 9.58. The smallest absolute Gasteiger partial charge is 0.336 e. The highest BCUT2D eigenvalue weighted by Gasteiger charge is 2.53. The first-order chi connectivity index (χ1) is 12.9. The standard InChI is InChI=1S/C20H28O8/c1-6-20(5)7-14(28-19(27)11(3)13(23)9-22)15(12(4)18(25)26)17(24)16(20)10(2)8-21/h6,13-17,21-24H,1-4,7-9H2,5H3,(H,25,26)/t13-,14-,15+,16+,17+,20-/m1/s1. The van der Waals surface area contributed by atoms with Gasteiger partial charge in [0.2, 0.25) is 0 Å². The van der Waals surface area contributed by atoms with Gasteiger partial charge in [-0.15, -0.1) is 6.58 Å². The van der Waals surface area contributed by atoms with Gasteiger partial charge in [0, 0.05) is 11.5 Å². The Morgan fingerprint density at radius 2 is 1.86 bits per heavy atom. The molecule has 28 heavy (non-hydrogen) atoms. The summed E-state index contributed by atoms with van der Waals surface area (Å²) in [5.74, 6) is -4.36. The Labute approximate surface area is 163 Å². The van der Waals surface area contributed by atoms with Crippen molar-refractivity contribution in [3.05, 3.63) is 49.1 Å². The highest BCUT2D eigenvalue weighted by molar-refractivity contribution is 5.89. The van der Waals surface area contributed by atoms with Crippen LogP contribution in [-0.4, -0.2) is 69.0 Å². The van der Waals surface area contributed by atoms with E-state index in [-0.39, 0.29) is 17.6 Å². The first-order valence-electron chi connectivity index (χ1n) is 8.66. The number of hydrogen-bond donors (Lipinski definition) is 5. The fourth-order valence-electron chi connectivity index (χ4n) is 3.67. The van der Waals surface area contributed by atoms with Gasteiger partial charge in [-0.1, -0.05) is 32.7 Å². The number of carbonyl (C=O) groups excluding carboxylic acids is 1. The summed E-state index contributed by atoms with van der Waals surface area (Å²) in [5, 5.41) is 48.4. The first-order valence-corrected chi connectivity index (χ1v) is 8.66. The maximum absolute atomic E-state index is 12.3. The third-order valence-corrected chi connectivity index (χ3v) is 5.34. The number of allylic oxidation sites excluding steroid dienone is 1. The summed E-state index contributed by atoms with van der Waals surface area (Å²) in [6.45, 7) is 14.9. The van der Waals surface area contributed by atoms with Crippen molar-refractivity contribution < 1.29 is 39.9 Å². The minimum Gasteiger partial charge on any atom is -0.478 e. The van der Waals surface area contributed by atoms with Crippen LogP contribution in [-0.2, 0) is 14.3 Å². The molecule has 6 atom stereocenters. The molecule has 0 unspecified atom stereocenters. The van der Waals surface area contributed by atoms with E-state index in [4.69, 9.17) is 9.84 Å². The largest absolute Gasteiger partial charge is 0.478 e. The first kappa shape index (κ1) is 23.8. The number of aliphatic carboxylic acids is 1. The topological polar surface area (TPSA) is 145 Å². The third kappa shape index (κ3) is 4.59.